The molecule has 0 saturated carbocycles. The second kappa shape index (κ2) is 28.2. The lowest BCUT2D eigenvalue weighted by atomic mass is 10.2. The van der Waals surface area contributed by atoms with E-state index < -0.39 is 0 Å². The predicted octanol–water partition coefficient (Wildman–Crippen LogP) is 11.2. The van der Waals surface area contributed by atoms with Crippen molar-refractivity contribution in [2.24, 2.45) is 0 Å². The van der Waals surface area contributed by atoms with Gasteiger partial charge in [-0.1, -0.05) is 48.5 Å². The number of nitrogens with zero attached hydrogens (tertiary/aromatic N) is 18. The van der Waals surface area contributed by atoms with Gasteiger partial charge in [0, 0.05) is 161 Å². The summed E-state index contributed by atoms with van der Waals surface area (Å²) in [5.74, 6) is 0.748. The number of fused-ring (bicyclic) bond motifs is 8. The standard InChI is InChI=1S/6C8H6N2.2C6H5N3/c1-3-9-6-8-2-4-10-5-7(1)8;1-3-7-4-2-6-10-8(7)9-5-1;1-2-7-6-9-5-3-8(7)10-4-1;1-2-7-3-5-9-6-8(7)10-4-1;1-2-4-8-7(3-1)5-9-6-10-8;1-2-4-8-6-10-9-5-7(8)3-1;1-3-7-6-2-4-8-9(6)5-1;1-2-7-6-8-3-5-9(6)4-1/h6*1-6H;2*1-5H. The van der Waals surface area contributed by atoms with Crippen LogP contribution in [0.15, 0.2) is 282 Å². The summed E-state index contributed by atoms with van der Waals surface area (Å²) in [5, 5.41) is 20.4. The van der Waals surface area contributed by atoms with Crippen LogP contribution in [0.3, 0.4) is 0 Å². The van der Waals surface area contributed by atoms with E-state index in [0.717, 1.165) is 76.7 Å². The molecule has 14 heterocycles. The zero-order valence-corrected chi connectivity index (χ0v) is 41.6. The largest absolute Gasteiger partial charge is 0.291 e. The van der Waals surface area contributed by atoms with E-state index in [9.17, 15) is 0 Å². The minimum absolute atomic E-state index is 0.748. The minimum atomic E-state index is 0.748. The Morgan fingerprint density at radius 2 is 0.769 bits per heavy atom. The first-order valence-corrected chi connectivity index (χ1v) is 24.1. The highest BCUT2D eigenvalue weighted by molar-refractivity contribution is 5.81. The van der Waals surface area contributed by atoms with Crippen molar-refractivity contribution in [1.29, 1.82) is 0 Å². The van der Waals surface area contributed by atoms with Crippen molar-refractivity contribution in [3.8, 4) is 0 Å². The number of rotatable bonds is 0. The summed E-state index contributed by atoms with van der Waals surface area (Å²) in [5.41, 5.74) is 4.64. The van der Waals surface area contributed by atoms with Gasteiger partial charge in [0.15, 0.2) is 11.3 Å². The Morgan fingerprint density at radius 1 is 0.269 bits per heavy atom. The molecule has 18 heteroatoms. The molecule has 0 N–H and O–H groups in total. The summed E-state index contributed by atoms with van der Waals surface area (Å²) in [6.45, 7) is 0. The molecule has 0 fully saturated rings. The van der Waals surface area contributed by atoms with Gasteiger partial charge < -0.3 is 0 Å². The fourth-order valence-corrected chi connectivity index (χ4v) is 7.05. The molecule has 0 amide bonds. The molecule has 14 aromatic heterocycles. The molecule has 0 unspecified atom stereocenters. The molecule has 0 saturated heterocycles. The Labute approximate surface area is 446 Å². The normalized spacial score (nSPS) is 10.1. The van der Waals surface area contributed by atoms with Crippen LogP contribution in [0.1, 0.15) is 0 Å². The second-order valence-corrected chi connectivity index (χ2v) is 16.0. The lowest BCUT2D eigenvalue weighted by Crippen LogP contribution is -1.85. The van der Waals surface area contributed by atoms with Crippen LogP contribution in [-0.2, 0) is 0 Å². The van der Waals surface area contributed by atoms with Crippen molar-refractivity contribution >= 4 is 76.7 Å². The van der Waals surface area contributed by atoms with Crippen LogP contribution in [-0.4, -0.2) is 89.0 Å². The van der Waals surface area contributed by atoms with Crippen molar-refractivity contribution in [1.82, 2.24) is 89.0 Å². The quantitative estimate of drug-likeness (QED) is 0.138. The van der Waals surface area contributed by atoms with Crippen LogP contribution in [0, 0.1) is 0 Å². The molecule has 0 radical (unpaired) electrons. The average Bonchev–Trinajstić information content (AvgIpc) is 4.24. The van der Waals surface area contributed by atoms with Crippen LogP contribution in [0.4, 0.5) is 0 Å². The van der Waals surface area contributed by atoms with E-state index in [1.54, 1.807) is 104 Å². The van der Waals surface area contributed by atoms with Crippen molar-refractivity contribution in [3.05, 3.63) is 282 Å². The maximum Gasteiger partial charge on any atom is 0.233 e. The topological polar surface area (TPSA) is 215 Å². The summed E-state index contributed by atoms with van der Waals surface area (Å²) in [6.07, 6.45) is 40.8. The van der Waals surface area contributed by atoms with Crippen molar-refractivity contribution in [2.75, 3.05) is 0 Å². The molecule has 16 aromatic rings. The molecule has 0 spiro atoms. The molecular formula is C60H46N18. The average molecular weight is 1020 g/mol. The summed E-state index contributed by atoms with van der Waals surface area (Å²) in [6, 6.07) is 44.9. The Hall–Kier alpha value is -11.4. The van der Waals surface area contributed by atoms with Crippen LogP contribution >= 0.6 is 0 Å². The SMILES string of the molecule is c1cc2cnccc2cn1.c1ccc2cnncc2c1.c1ccc2ncncc2c1.c1cnc2ccncc2c1.c1cnc2ccnn2c1.c1cnc2cnccc2c1.c1cnc2ncccc2c1.c1cnc2nccn2c1. The van der Waals surface area contributed by atoms with Crippen LogP contribution in [0.5, 0.6) is 0 Å². The molecule has 0 atom stereocenters. The molecule has 16 rings (SSSR count). The first-order chi connectivity index (χ1) is 38.7. The van der Waals surface area contributed by atoms with E-state index in [-0.39, 0.29) is 0 Å². The third-order valence-electron chi connectivity index (χ3n) is 10.8. The molecule has 0 aliphatic carbocycles. The number of pyridine rings is 8. The maximum atomic E-state index is 4.14. The fourth-order valence-electron chi connectivity index (χ4n) is 7.05. The van der Waals surface area contributed by atoms with Gasteiger partial charge in [-0.3, -0.25) is 34.3 Å². The molecule has 18 nitrogen and oxygen atoms in total. The summed E-state index contributed by atoms with van der Waals surface area (Å²) >= 11 is 0. The molecule has 376 valence electrons. The van der Waals surface area contributed by atoms with Gasteiger partial charge in [0.05, 0.1) is 41.3 Å². The van der Waals surface area contributed by atoms with Crippen LogP contribution in [0.25, 0.3) is 76.7 Å². The highest BCUT2D eigenvalue weighted by atomic mass is 15.2. The van der Waals surface area contributed by atoms with Gasteiger partial charge in [0.2, 0.25) is 5.78 Å². The number of para-hydroxylation sites is 1. The minimum Gasteiger partial charge on any atom is -0.291 e. The molecular weight excluding hydrogens is 973 g/mol. The number of benzene rings is 2. The van der Waals surface area contributed by atoms with E-state index in [1.807, 2.05) is 187 Å². The number of hydrogen-bond donors (Lipinski definition) is 0. The molecule has 0 bridgehead atoms. The molecule has 0 aliphatic rings. The Kier molecular flexibility index (Phi) is 18.6. The summed E-state index contributed by atoms with van der Waals surface area (Å²) in [7, 11) is 0. The van der Waals surface area contributed by atoms with Gasteiger partial charge in [-0.25, -0.2) is 39.4 Å². The van der Waals surface area contributed by atoms with Gasteiger partial charge in [-0.05, 0) is 84.9 Å². The van der Waals surface area contributed by atoms with Crippen molar-refractivity contribution in [3.63, 3.8) is 0 Å². The Bertz CT molecular complexity index is 3290. The van der Waals surface area contributed by atoms with Gasteiger partial charge in [0.1, 0.15) is 6.33 Å². The predicted molar refractivity (Wildman–Crippen MR) is 303 cm³/mol. The van der Waals surface area contributed by atoms with E-state index >= 15 is 0 Å². The fraction of sp³-hybridized carbons (Fsp3) is 0. The highest BCUT2D eigenvalue weighted by Crippen LogP contribution is 2.11. The maximum absolute atomic E-state index is 4.14. The van der Waals surface area contributed by atoms with Gasteiger partial charge in [0.25, 0.3) is 0 Å². The van der Waals surface area contributed by atoms with Crippen LogP contribution in [0.2, 0.25) is 0 Å². The van der Waals surface area contributed by atoms with Gasteiger partial charge in [-0.2, -0.15) is 15.3 Å². The van der Waals surface area contributed by atoms with Crippen molar-refractivity contribution in [2.45, 2.75) is 0 Å². The van der Waals surface area contributed by atoms with Crippen molar-refractivity contribution < 1.29 is 0 Å². The monoisotopic (exact) mass is 1020 g/mol. The van der Waals surface area contributed by atoms with E-state index in [0.29, 0.717) is 0 Å². The van der Waals surface area contributed by atoms with Crippen LogP contribution < -0.4 is 0 Å². The van der Waals surface area contributed by atoms with E-state index in [1.165, 1.54) is 0 Å². The van der Waals surface area contributed by atoms with E-state index in [2.05, 4.69) is 80.1 Å². The molecule has 2 aromatic carbocycles. The first-order valence-electron chi connectivity index (χ1n) is 24.1. The molecule has 78 heavy (non-hydrogen) atoms. The van der Waals surface area contributed by atoms with Gasteiger partial charge >= 0.3 is 0 Å². The first kappa shape index (κ1) is 51.5. The Balaban J connectivity index is 0.000000108. The van der Waals surface area contributed by atoms with Gasteiger partial charge in [-0.15, -0.1) is 0 Å². The van der Waals surface area contributed by atoms with E-state index in [4.69, 9.17) is 0 Å². The third-order valence-corrected chi connectivity index (χ3v) is 10.8. The number of imidazole rings is 1. The number of aromatic nitrogens is 18. The number of hydrogen-bond acceptors (Lipinski definition) is 16. The lowest BCUT2D eigenvalue weighted by Gasteiger charge is -1.91. The summed E-state index contributed by atoms with van der Waals surface area (Å²) < 4.78 is 3.58. The molecule has 0 aliphatic heterocycles. The summed E-state index contributed by atoms with van der Waals surface area (Å²) in [4.78, 5) is 52.3. The second-order valence-electron chi connectivity index (χ2n) is 16.0. The zero-order valence-electron chi connectivity index (χ0n) is 41.6. The smallest absolute Gasteiger partial charge is 0.233 e. The Morgan fingerprint density at radius 3 is 1.44 bits per heavy atom. The highest BCUT2D eigenvalue weighted by Gasteiger charge is 1.93. The third kappa shape index (κ3) is 15.3. The zero-order chi connectivity index (χ0) is 53.1. The lowest BCUT2D eigenvalue weighted by molar-refractivity contribution is 0.939.